The third-order valence-electron chi connectivity index (χ3n) is 5.94. The largest absolute Gasteiger partial charge is 0.366 e. The zero-order valence-electron chi connectivity index (χ0n) is 17.3. The van der Waals surface area contributed by atoms with E-state index in [2.05, 4.69) is 10.3 Å². The molecule has 5 rings (SSSR count). The van der Waals surface area contributed by atoms with Crippen LogP contribution >= 0.6 is 11.8 Å². The number of carbonyl (C=O) groups excluding carboxylic acids is 1. The Kier molecular flexibility index (Phi) is 5.58. The number of benzene rings is 2. The van der Waals surface area contributed by atoms with Gasteiger partial charge in [0.15, 0.2) is 15.0 Å². The minimum absolute atomic E-state index is 0.0296. The molecule has 168 valence electrons. The van der Waals surface area contributed by atoms with Crippen LogP contribution in [-0.2, 0) is 9.84 Å². The first-order valence-corrected chi connectivity index (χ1v) is 13.2. The minimum atomic E-state index is -2.99. The second-order valence-corrected chi connectivity index (χ2v) is 11.6. The first-order valence-electron chi connectivity index (χ1n) is 10.5. The van der Waals surface area contributed by atoms with Crippen LogP contribution < -0.4 is 10.2 Å². The number of hydrogen-bond acceptors (Lipinski definition) is 7. The molecule has 0 radical (unpaired) electrons. The molecule has 2 aromatic rings. The lowest BCUT2D eigenvalue weighted by Gasteiger charge is -2.36. The number of thioether (sulfide) groups is 1. The summed E-state index contributed by atoms with van der Waals surface area (Å²) in [7, 11) is -2.99. The molecule has 0 aliphatic carbocycles. The summed E-state index contributed by atoms with van der Waals surface area (Å²) < 4.78 is 37.5. The normalized spacial score (nSPS) is 24.2. The molecule has 1 amide bonds. The topological polar surface area (TPSA) is 82.1 Å². The number of hydrogen-bond donors (Lipinski definition) is 1. The quantitative estimate of drug-likeness (QED) is 0.736. The molecule has 2 atom stereocenters. The molecule has 2 fully saturated rings. The summed E-state index contributed by atoms with van der Waals surface area (Å²) >= 11 is 1.45. The molecule has 1 N–H and O–H groups in total. The van der Waals surface area contributed by atoms with E-state index in [9.17, 15) is 17.6 Å². The molecule has 2 aromatic carbocycles. The van der Waals surface area contributed by atoms with E-state index < -0.39 is 9.84 Å². The number of nitrogens with one attached hydrogen (secondary N) is 1. The van der Waals surface area contributed by atoms with Crippen molar-refractivity contribution in [3.63, 3.8) is 0 Å². The Hall–Kier alpha value is -2.59. The maximum absolute atomic E-state index is 14.0. The lowest BCUT2D eigenvalue weighted by molar-refractivity contribution is 0.0746. The van der Waals surface area contributed by atoms with E-state index in [1.807, 2.05) is 23.1 Å². The van der Waals surface area contributed by atoms with E-state index in [1.54, 1.807) is 29.2 Å². The van der Waals surface area contributed by atoms with E-state index in [0.29, 0.717) is 42.6 Å². The Balaban J connectivity index is 1.22. The lowest BCUT2D eigenvalue weighted by atomic mass is 10.1. The fourth-order valence-corrected chi connectivity index (χ4v) is 7.99. The highest BCUT2D eigenvalue weighted by Crippen LogP contribution is 2.34. The minimum Gasteiger partial charge on any atom is -0.366 e. The van der Waals surface area contributed by atoms with Crippen LogP contribution in [0.25, 0.3) is 0 Å². The molecule has 0 spiro atoms. The van der Waals surface area contributed by atoms with Gasteiger partial charge in [0.25, 0.3) is 5.91 Å². The SMILES string of the molecule is O=C(c1cccc(NC2=N[C@@H]3CS(=O)(=O)C[C@H]3S2)c1)N1CCN(c2ccccc2F)CC1. The molecule has 0 saturated carbocycles. The van der Waals surface area contributed by atoms with Crippen molar-refractivity contribution in [2.24, 2.45) is 4.99 Å². The van der Waals surface area contributed by atoms with E-state index in [0.717, 1.165) is 5.69 Å². The number of rotatable bonds is 3. The number of amidine groups is 1. The second kappa shape index (κ2) is 8.40. The molecule has 7 nitrogen and oxygen atoms in total. The van der Waals surface area contributed by atoms with Gasteiger partial charge in [0, 0.05) is 42.7 Å². The summed E-state index contributed by atoms with van der Waals surface area (Å²) in [5.74, 6) is -0.0481. The fourth-order valence-electron chi connectivity index (χ4n) is 4.31. The van der Waals surface area contributed by atoms with Gasteiger partial charge < -0.3 is 15.1 Å². The van der Waals surface area contributed by atoms with Crippen molar-refractivity contribution in [3.8, 4) is 0 Å². The molecular weight excluding hydrogens is 451 g/mol. The molecule has 3 heterocycles. The Labute approximate surface area is 190 Å². The maximum Gasteiger partial charge on any atom is 0.254 e. The molecule has 10 heteroatoms. The number of piperazine rings is 1. The Morgan fingerprint density at radius 2 is 1.84 bits per heavy atom. The third-order valence-corrected chi connectivity index (χ3v) is 9.08. The Morgan fingerprint density at radius 3 is 2.59 bits per heavy atom. The van der Waals surface area contributed by atoms with Crippen LogP contribution in [0.1, 0.15) is 10.4 Å². The highest BCUT2D eigenvalue weighted by Gasteiger charge is 2.42. The average Bonchev–Trinajstić information content (AvgIpc) is 3.26. The number of halogens is 1. The number of nitrogens with zero attached hydrogens (tertiary/aromatic N) is 3. The summed E-state index contributed by atoms with van der Waals surface area (Å²) in [5, 5.41) is 3.89. The highest BCUT2D eigenvalue weighted by molar-refractivity contribution is 8.15. The Morgan fingerprint density at radius 1 is 1.06 bits per heavy atom. The van der Waals surface area contributed by atoms with E-state index in [-0.39, 0.29) is 34.5 Å². The van der Waals surface area contributed by atoms with E-state index >= 15 is 0 Å². The van der Waals surface area contributed by atoms with Gasteiger partial charge in [0.05, 0.1) is 23.2 Å². The highest BCUT2D eigenvalue weighted by atomic mass is 32.2. The summed E-state index contributed by atoms with van der Waals surface area (Å²) in [6.07, 6.45) is 0. The van der Waals surface area contributed by atoms with Crippen molar-refractivity contribution in [1.29, 1.82) is 0 Å². The van der Waals surface area contributed by atoms with Gasteiger partial charge in [-0.2, -0.15) is 0 Å². The lowest BCUT2D eigenvalue weighted by Crippen LogP contribution is -2.49. The van der Waals surface area contributed by atoms with Gasteiger partial charge >= 0.3 is 0 Å². The van der Waals surface area contributed by atoms with Crippen molar-refractivity contribution >= 4 is 44.0 Å². The van der Waals surface area contributed by atoms with Crippen molar-refractivity contribution in [2.45, 2.75) is 11.3 Å². The first-order chi connectivity index (χ1) is 15.4. The maximum atomic E-state index is 14.0. The summed E-state index contributed by atoms with van der Waals surface area (Å²) in [4.78, 5) is 21.3. The predicted octanol–water partition coefficient (Wildman–Crippen LogP) is 2.47. The van der Waals surface area contributed by atoms with Crippen LogP contribution in [0.5, 0.6) is 0 Å². The second-order valence-electron chi connectivity index (χ2n) is 8.17. The zero-order valence-corrected chi connectivity index (χ0v) is 18.9. The van der Waals surface area contributed by atoms with Gasteiger partial charge in [0.2, 0.25) is 0 Å². The van der Waals surface area contributed by atoms with Crippen LogP contribution in [0.15, 0.2) is 53.5 Å². The summed E-state index contributed by atoms with van der Waals surface area (Å²) in [6, 6.07) is 13.7. The number of para-hydroxylation sites is 1. The molecular formula is C22H23FN4O3S2. The number of carbonyl (C=O) groups is 1. The summed E-state index contributed by atoms with van der Waals surface area (Å²) in [5.41, 5.74) is 1.88. The van der Waals surface area contributed by atoms with Crippen LogP contribution in [0.3, 0.4) is 0 Å². The van der Waals surface area contributed by atoms with Crippen LogP contribution in [0.4, 0.5) is 15.8 Å². The van der Waals surface area contributed by atoms with Gasteiger partial charge in [-0.15, -0.1) is 0 Å². The zero-order chi connectivity index (χ0) is 22.3. The molecule has 3 aliphatic rings. The molecule has 0 bridgehead atoms. The molecule has 0 unspecified atom stereocenters. The third kappa shape index (κ3) is 4.33. The van der Waals surface area contributed by atoms with Crippen LogP contribution in [-0.4, -0.2) is 73.4 Å². The van der Waals surface area contributed by atoms with E-state index in [1.165, 1.54) is 17.8 Å². The first kappa shape index (κ1) is 21.3. The standard InChI is InChI=1S/C22H23FN4O3S2/c23-17-6-1-2-7-19(17)26-8-10-27(11-9-26)21(28)15-4-3-5-16(12-15)24-22-25-18-13-32(29,30)14-20(18)31-22/h1-7,12,18,20H,8-11,13-14H2,(H,24,25)/t18-,20-/m1/s1. The average molecular weight is 475 g/mol. The summed E-state index contributed by atoms with van der Waals surface area (Å²) in [6.45, 7) is 2.18. The molecule has 2 saturated heterocycles. The smallest absolute Gasteiger partial charge is 0.254 e. The van der Waals surface area contributed by atoms with Crippen molar-refractivity contribution < 1.29 is 17.6 Å². The molecule has 0 aromatic heterocycles. The number of aliphatic imine (C=N–C) groups is 1. The van der Waals surface area contributed by atoms with Gasteiger partial charge in [0.1, 0.15) is 5.82 Å². The van der Waals surface area contributed by atoms with Crippen LogP contribution in [0, 0.1) is 5.82 Å². The van der Waals surface area contributed by atoms with Crippen LogP contribution in [0.2, 0.25) is 0 Å². The number of anilines is 2. The van der Waals surface area contributed by atoms with Crippen molar-refractivity contribution in [2.75, 3.05) is 47.9 Å². The predicted molar refractivity (Wildman–Crippen MR) is 126 cm³/mol. The van der Waals surface area contributed by atoms with Crippen molar-refractivity contribution in [1.82, 2.24) is 4.90 Å². The Bertz CT molecular complexity index is 1180. The van der Waals surface area contributed by atoms with E-state index in [4.69, 9.17) is 0 Å². The monoisotopic (exact) mass is 474 g/mol. The molecule has 32 heavy (non-hydrogen) atoms. The number of fused-ring (bicyclic) bond motifs is 1. The van der Waals surface area contributed by atoms with Gasteiger partial charge in [-0.25, -0.2) is 12.8 Å². The van der Waals surface area contributed by atoms with Gasteiger partial charge in [-0.3, -0.25) is 9.79 Å². The van der Waals surface area contributed by atoms with Gasteiger partial charge in [-0.1, -0.05) is 30.0 Å². The molecule has 3 aliphatic heterocycles. The van der Waals surface area contributed by atoms with Gasteiger partial charge in [-0.05, 0) is 30.3 Å². The fraction of sp³-hybridized carbons (Fsp3) is 0.364. The number of amides is 1. The van der Waals surface area contributed by atoms with Crippen molar-refractivity contribution in [3.05, 3.63) is 59.9 Å². The number of sulfone groups is 1.